The zero-order chi connectivity index (χ0) is 19.8. The molecule has 0 bridgehead atoms. The molecule has 0 unspecified atom stereocenters. The van der Waals surface area contributed by atoms with E-state index in [4.69, 9.17) is 4.52 Å². The van der Waals surface area contributed by atoms with Crippen LogP contribution in [0.5, 0.6) is 0 Å². The number of carboxylic acid groups (broad SMARTS) is 1. The second-order valence-corrected chi connectivity index (χ2v) is 8.15. The molecule has 29 heavy (non-hydrogen) atoms. The smallest absolute Gasteiger partial charge is 0.336 e. The topological polar surface area (TPSA) is 88.2 Å². The van der Waals surface area contributed by atoms with Crippen LogP contribution in [-0.4, -0.2) is 33.8 Å². The molecule has 2 atom stereocenters. The Balaban J connectivity index is 1.31. The fraction of sp³-hybridized carbons (Fsp3) is 0.348. The fourth-order valence-electron chi connectivity index (χ4n) is 4.30. The molecule has 3 aromatic rings. The van der Waals surface area contributed by atoms with Crippen molar-refractivity contribution in [1.82, 2.24) is 15.5 Å². The van der Waals surface area contributed by atoms with Gasteiger partial charge in [0.05, 0.1) is 11.1 Å². The van der Waals surface area contributed by atoms with Crippen LogP contribution < -0.4 is 5.32 Å². The van der Waals surface area contributed by atoms with Crippen LogP contribution >= 0.6 is 0 Å². The third-order valence-corrected chi connectivity index (χ3v) is 6.32. The van der Waals surface area contributed by atoms with Crippen molar-refractivity contribution in [3.63, 3.8) is 0 Å². The van der Waals surface area contributed by atoms with Crippen molar-refractivity contribution in [1.29, 1.82) is 0 Å². The van der Waals surface area contributed by atoms with Gasteiger partial charge in [-0.1, -0.05) is 54.0 Å². The number of nitrogens with one attached hydrogen (secondary N) is 1. The molecule has 148 valence electrons. The fourth-order valence-corrected chi connectivity index (χ4v) is 4.30. The third-order valence-electron chi connectivity index (χ3n) is 6.32. The number of hydrogen-bond acceptors (Lipinski definition) is 5. The molecule has 0 spiro atoms. The Morgan fingerprint density at radius 2 is 1.90 bits per heavy atom. The molecule has 5 rings (SSSR count). The Morgan fingerprint density at radius 3 is 2.62 bits per heavy atom. The highest BCUT2D eigenvalue weighted by atomic mass is 16.5. The molecule has 6 heteroatoms. The maximum atomic E-state index is 11.5. The van der Waals surface area contributed by atoms with Crippen molar-refractivity contribution in [2.45, 2.75) is 43.1 Å². The van der Waals surface area contributed by atoms with Gasteiger partial charge in [-0.05, 0) is 37.0 Å². The van der Waals surface area contributed by atoms with E-state index in [2.05, 4.69) is 39.7 Å². The Bertz CT molecular complexity index is 1030. The first-order chi connectivity index (χ1) is 14.2. The average Bonchev–Trinajstić information content (AvgIpc) is 3.33. The van der Waals surface area contributed by atoms with Gasteiger partial charge < -0.3 is 14.9 Å². The zero-order valence-corrected chi connectivity index (χ0v) is 16.0. The summed E-state index contributed by atoms with van der Waals surface area (Å²) in [5.41, 5.74) is 1.91. The monoisotopic (exact) mass is 389 g/mol. The predicted molar refractivity (Wildman–Crippen MR) is 108 cm³/mol. The Labute approximate surface area is 169 Å². The lowest BCUT2D eigenvalue weighted by Crippen LogP contribution is -2.45. The normalized spacial score (nSPS) is 22.1. The van der Waals surface area contributed by atoms with Crippen LogP contribution in [0, 0.1) is 0 Å². The summed E-state index contributed by atoms with van der Waals surface area (Å²) >= 11 is 0. The molecule has 2 fully saturated rings. The quantitative estimate of drug-likeness (QED) is 0.635. The van der Waals surface area contributed by atoms with Crippen LogP contribution in [-0.2, 0) is 5.41 Å². The largest absolute Gasteiger partial charge is 0.478 e. The van der Waals surface area contributed by atoms with Gasteiger partial charge in [-0.15, -0.1) is 0 Å². The van der Waals surface area contributed by atoms with Gasteiger partial charge in [-0.2, -0.15) is 4.98 Å². The highest BCUT2D eigenvalue weighted by Gasteiger charge is 2.46. The SMILES string of the molecule is O=C(O)c1ccccc1-c1nc(C2(CN[C@H]3C[C@@H]3c3ccccc3)CCC2)no1. The number of hydrogen-bond donors (Lipinski definition) is 2. The highest BCUT2D eigenvalue weighted by Crippen LogP contribution is 2.45. The minimum atomic E-state index is -0.999. The van der Waals surface area contributed by atoms with E-state index in [0.29, 0.717) is 23.3 Å². The first kappa shape index (κ1) is 18.1. The molecule has 2 aliphatic carbocycles. The summed E-state index contributed by atoms with van der Waals surface area (Å²) in [4.78, 5) is 16.1. The maximum Gasteiger partial charge on any atom is 0.336 e. The zero-order valence-electron chi connectivity index (χ0n) is 16.0. The molecule has 1 heterocycles. The number of carbonyl (C=O) groups is 1. The minimum Gasteiger partial charge on any atom is -0.478 e. The molecular formula is C23H23N3O3. The summed E-state index contributed by atoms with van der Waals surface area (Å²) in [6.45, 7) is 0.820. The first-order valence-corrected chi connectivity index (χ1v) is 10.1. The van der Waals surface area contributed by atoms with Crippen LogP contribution in [0.15, 0.2) is 59.1 Å². The Hall–Kier alpha value is -2.99. The van der Waals surface area contributed by atoms with E-state index < -0.39 is 5.97 Å². The standard InChI is InChI=1S/C23H23N3O3/c27-21(28)17-10-5-4-9-16(17)20-25-22(26-29-20)23(11-6-12-23)14-24-19-13-18(19)15-7-2-1-3-8-15/h1-5,7-10,18-19,24H,6,11-14H2,(H,27,28)/t18-,19+/m1/s1. The van der Waals surface area contributed by atoms with Gasteiger partial charge in [-0.25, -0.2) is 4.79 Å². The summed E-state index contributed by atoms with van der Waals surface area (Å²) in [5, 5.41) is 17.4. The van der Waals surface area contributed by atoms with Gasteiger partial charge in [0.1, 0.15) is 0 Å². The lowest BCUT2D eigenvalue weighted by atomic mass is 9.68. The van der Waals surface area contributed by atoms with Crippen molar-refractivity contribution in [3.05, 3.63) is 71.5 Å². The minimum absolute atomic E-state index is 0.121. The summed E-state index contributed by atoms with van der Waals surface area (Å²) in [7, 11) is 0. The van der Waals surface area contributed by atoms with Gasteiger partial charge in [0, 0.05) is 23.9 Å². The van der Waals surface area contributed by atoms with Crippen LogP contribution in [0.4, 0.5) is 0 Å². The van der Waals surface area contributed by atoms with Crippen molar-refractivity contribution in [2.24, 2.45) is 0 Å². The molecule has 1 aromatic heterocycles. The van der Waals surface area contributed by atoms with Crippen molar-refractivity contribution >= 4 is 5.97 Å². The number of aromatic nitrogens is 2. The van der Waals surface area contributed by atoms with Crippen molar-refractivity contribution in [2.75, 3.05) is 6.54 Å². The van der Waals surface area contributed by atoms with Gasteiger partial charge in [0.2, 0.25) is 0 Å². The van der Waals surface area contributed by atoms with Crippen LogP contribution in [0.2, 0.25) is 0 Å². The number of carboxylic acids is 1. The van der Waals surface area contributed by atoms with E-state index in [0.717, 1.165) is 32.2 Å². The van der Waals surface area contributed by atoms with E-state index in [-0.39, 0.29) is 16.9 Å². The van der Waals surface area contributed by atoms with Gasteiger partial charge in [0.25, 0.3) is 5.89 Å². The molecule has 0 amide bonds. The first-order valence-electron chi connectivity index (χ1n) is 10.1. The van der Waals surface area contributed by atoms with E-state index in [1.807, 2.05) is 6.07 Å². The van der Waals surface area contributed by atoms with Crippen LogP contribution in [0.3, 0.4) is 0 Å². The summed E-state index contributed by atoms with van der Waals surface area (Å²) in [6.07, 6.45) is 4.33. The molecule has 0 radical (unpaired) electrons. The van der Waals surface area contributed by atoms with Crippen molar-refractivity contribution in [3.8, 4) is 11.5 Å². The van der Waals surface area contributed by atoms with Gasteiger partial charge >= 0.3 is 5.97 Å². The Morgan fingerprint density at radius 1 is 1.14 bits per heavy atom. The summed E-state index contributed by atoms with van der Waals surface area (Å²) in [5.74, 6) is 0.541. The van der Waals surface area contributed by atoms with E-state index in [1.54, 1.807) is 24.3 Å². The molecule has 2 N–H and O–H groups in total. The third kappa shape index (κ3) is 3.34. The summed E-state index contributed by atoms with van der Waals surface area (Å²) < 4.78 is 5.48. The number of aromatic carboxylic acids is 1. The number of benzene rings is 2. The Kier molecular flexibility index (Phi) is 4.43. The maximum absolute atomic E-state index is 11.5. The van der Waals surface area contributed by atoms with E-state index in [1.165, 1.54) is 5.56 Å². The molecule has 2 aliphatic rings. The molecule has 0 aliphatic heterocycles. The van der Waals surface area contributed by atoms with Gasteiger partial charge in [0.15, 0.2) is 5.82 Å². The van der Waals surface area contributed by atoms with E-state index in [9.17, 15) is 9.90 Å². The number of nitrogens with zero attached hydrogens (tertiary/aromatic N) is 2. The average molecular weight is 389 g/mol. The van der Waals surface area contributed by atoms with Gasteiger partial charge in [-0.3, -0.25) is 0 Å². The molecule has 0 saturated heterocycles. The lowest BCUT2D eigenvalue weighted by molar-refractivity contribution is 0.0697. The lowest BCUT2D eigenvalue weighted by Gasteiger charge is -2.39. The second-order valence-electron chi connectivity index (χ2n) is 8.15. The molecule has 2 aromatic carbocycles. The second kappa shape index (κ2) is 7.12. The van der Waals surface area contributed by atoms with Crippen LogP contribution in [0.25, 0.3) is 11.5 Å². The van der Waals surface area contributed by atoms with E-state index >= 15 is 0 Å². The van der Waals surface area contributed by atoms with Crippen LogP contribution in [0.1, 0.15) is 53.3 Å². The summed E-state index contributed by atoms with van der Waals surface area (Å²) in [6, 6.07) is 17.8. The molecular weight excluding hydrogens is 366 g/mol. The number of rotatable bonds is 7. The highest BCUT2D eigenvalue weighted by molar-refractivity contribution is 5.94. The molecule has 2 saturated carbocycles. The van der Waals surface area contributed by atoms with Crippen molar-refractivity contribution < 1.29 is 14.4 Å². The predicted octanol–water partition coefficient (Wildman–Crippen LogP) is 4.00. The molecule has 6 nitrogen and oxygen atoms in total.